The molecule has 0 unspecified atom stereocenters. The number of benzene rings is 3. The molecule has 3 aromatic carbocycles. The molecule has 2 nitrogen and oxygen atoms in total. The first-order valence-electron chi connectivity index (χ1n) is 10.1. The summed E-state index contributed by atoms with van der Waals surface area (Å²) in [5.41, 5.74) is 9.65. The van der Waals surface area contributed by atoms with Gasteiger partial charge in [-0.1, -0.05) is 81.4 Å². The van der Waals surface area contributed by atoms with Crippen molar-refractivity contribution in [3.05, 3.63) is 101 Å². The van der Waals surface area contributed by atoms with E-state index < -0.39 is 0 Å². The molecule has 0 bridgehead atoms. The summed E-state index contributed by atoms with van der Waals surface area (Å²) in [5.74, 6) is 0. The van der Waals surface area contributed by atoms with Crippen LogP contribution >= 0.6 is 0 Å². The van der Waals surface area contributed by atoms with Gasteiger partial charge in [0.2, 0.25) is 0 Å². The molecule has 0 saturated carbocycles. The molecule has 0 amide bonds. The number of hydrogen-bond donors (Lipinski definition) is 1. The summed E-state index contributed by atoms with van der Waals surface area (Å²) in [5, 5.41) is 1.23. The Hall–Kier alpha value is -3.39. The number of rotatable bonds is 2. The fraction of sp³-hybridized carbons (Fsp3) is 0.148. The molecule has 0 aliphatic carbocycles. The second-order valence-electron chi connectivity index (χ2n) is 8.64. The van der Waals surface area contributed by atoms with Crippen LogP contribution in [-0.4, -0.2) is 11.2 Å². The van der Waals surface area contributed by atoms with E-state index in [-0.39, 0.29) is 5.41 Å². The molecular formula is C27H24N2. The Morgan fingerprint density at radius 1 is 0.828 bits per heavy atom. The lowest BCUT2D eigenvalue weighted by Gasteiger charge is -2.20. The fourth-order valence-electron chi connectivity index (χ4n) is 4.09. The van der Waals surface area contributed by atoms with E-state index in [0.717, 1.165) is 11.2 Å². The first-order chi connectivity index (χ1) is 14.0. The highest BCUT2D eigenvalue weighted by Crippen LogP contribution is 2.41. The van der Waals surface area contributed by atoms with E-state index in [4.69, 9.17) is 0 Å². The second-order valence-corrected chi connectivity index (χ2v) is 8.64. The van der Waals surface area contributed by atoms with Gasteiger partial charge in [-0.3, -0.25) is 4.99 Å². The van der Waals surface area contributed by atoms with Crippen LogP contribution in [0.2, 0.25) is 0 Å². The molecule has 0 atom stereocenters. The predicted molar refractivity (Wildman–Crippen MR) is 124 cm³/mol. The van der Waals surface area contributed by atoms with E-state index in [1.165, 1.54) is 38.8 Å². The monoisotopic (exact) mass is 376 g/mol. The van der Waals surface area contributed by atoms with Gasteiger partial charge in [-0.15, -0.1) is 0 Å². The van der Waals surface area contributed by atoms with E-state index in [2.05, 4.69) is 104 Å². The molecule has 142 valence electrons. The molecule has 0 radical (unpaired) electrons. The molecule has 1 aliphatic rings. The quantitative estimate of drug-likeness (QED) is 0.385. The van der Waals surface area contributed by atoms with Gasteiger partial charge in [0.05, 0.1) is 5.69 Å². The van der Waals surface area contributed by atoms with E-state index in [1.54, 1.807) is 0 Å². The van der Waals surface area contributed by atoms with Crippen molar-refractivity contribution in [2.24, 2.45) is 4.99 Å². The van der Waals surface area contributed by atoms with Gasteiger partial charge in [-0.05, 0) is 28.7 Å². The lowest BCUT2D eigenvalue weighted by atomic mass is 9.84. The zero-order chi connectivity index (χ0) is 20.0. The fourth-order valence-corrected chi connectivity index (χ4v) is 4.09. The zero-order valence-corrected chi connectivity index (χ0v) is 17.0. The van der Waals surface area contributed by atoms with Crippen molar-refractivity contribution >= 4 is 34.0 Å². The van der Waals surface area contributed by atoms with Gasteiger partial charge >= 0.3 is 0 Å². The number of nitrogens with one attached hydrogen (secondary N) is 1. The molecule has 1 aliphatic heterocycles. The second kappa shape index (κ2) is 6.59. The van der Waals surface area contributed by atoms with Gasteiger partial charge in [0.1, 0.15) is 0 Å². The van der Waals surface area contributed by atoms with Gasteiger partial charge in [0, 0.05) is 45.6 Å². The average Bonchev–Trinajstić information content (AvgIpc) is 3.34. The zero-order valence-electron chi connectivity index (χ0n) is 17.0. The van der Waals surface area contributed by atoms with E-state index in [9.17, 15) is 0 Å². The molecule has 0 saturated heterocycles. The Bertz CT molecular complexity index is 1260. The van der Waals surface area contributed by atoms with Crippen LogP contribution < -0.4 is 0 Å². The number of hydrogen-bond acceptors (Lipinski definition) is 1. The van der Waals surface area contributed by atoms with Crippen LogP contribution in [0.3, 0.4) is 0 Å². The molecule has 1 N–H and O–H groups in total. The number of H-pyrrole nitrogens is 1. The summed E-state index contributed by atoms with van der Waals surface area (Å²) in [7, 11) is 0. The first kappa shape index (κ1) is 17.7. The highest BCUT2D eigenvalue weighted by molar-refractivity contribution is 6.27. The number of aromatic nitrogens is 1. The van der Waals surface area contributed by atoms with Crippen molar-refractivity contribution in [1.82, 2.24) is 4.98 Å². The summed E-state index contributed by atoms with van der Waals surface area (Å²) in [6.45, 7) is 6.75. The van der Waals surface area contributed by atoms with Gasteiger partial charge in [-0.25, -0.2) is 0 Å². The van der Waals surface area contributed by atoms with E-state index >= 15 is 0 Å². The minimum Gasteiger partial charge on any atom is -0.361 e. The van der Waals surface area contributed by atoms with Crippen molar-refractivity contribution in [2.45, 2.75) is 26.2 Å². The van der Waals surface area contributed by atoms with Gasteiger partial charge in [0.15, 0.2) is 0 Å². The van der Waals surface area contributed by atoms with Crippen molar-refractivity contribution in [1.29, 1.82) is 0 Å². The predicted octanol–water partition coefficient (Wildman–Crippen LogP) is 7.14. The Labute approximate surface area is 171 Å². The smallest absolute Gasteiger partial charge is 0.0709 e. The Kier molecular flexibility index (Phi) is 4.02. The Balaban J connectivity index is 1.78. The minimum absolute atomic E-state index is 0.133. The largest absolute Gasteiger partial charge is 0.361 e. The van der Waals surface area contributed by atoms with Crippen molar-refractivity contribution in [2.75, 3.05) is 0 Å². The molecule has 29 heavy (non-hydrogen) atoms. The average molecular weight is 377 g/mol. The summed E-state index contributed by atoms with van der Waals surface area (Å²) in [6.07, 6.45) is 4.14. The van der Waals surface area contributed by atoms with Crippen LogP contribution in [0.1, 0.15) is 43.0 Å². The maximum atomic E-state index is 4.68. The first-order valence-corrected chi connectivity index (χ1v) is 10.1. The summed E-state index contributed by atoms with van der Waals surface area (Å²) in [6, 6.07) is 25.9. The molecule has 2 heterocycles. The number of allylic oxidation sites excluding steroid dienone is 1. The summed E-state index contributed by atoms with van der Waals surface area (Å²) in [4.78, 5) is 8.12. The van der Waals surface area contributed by atoms with Crippen molar-refractivity contribution in [3.8, 4) is 0 Å². The van der Waals surface area contributed by atoms with Crippen LogP contribution in [0.15, 0.2) is 84.0 Å². The van der Waals surface area contributed by atoms with E-state index in [1.807, 2.05) is 12.3 Å². The third kappa shape index (κ3) is 3.01. The highest BCUT2D eigenvalue weighted by Gasteiger charge is 2.21. The van der Waals surface area contributed by atoms with Crippen LogP contribution in [0.25, 0.3) is 22.0 Å². The van der Waals surface area contributed by atoms with Gasteiger partial charge < -0.3 is 4.98 Å². The van der Waals surface area contributed by atoms with Gasteiger partial charge in [-0.2, -0.15) is 0 Å². The molecule has 0 fully saturated rings. The topological polar surface area (TPSA) is 28.1 Å². The number of aromatic amines is 1. The lowest BCUT2D eigenvalue weighted by Crippen LogP contribution is -2.10. The maximum absolute atomic E-state index is 4.68. The third-order valence-corrected chi connectivity index (χ3v) is 5.69. The van der Waals surface area contributed by atoms with Crippen LogP contribution in [0, 0.1) is 0 Å². The number of nitrogens with zero attached hydrogens (tertiary/aromatic N) is 1. The number of fused-ring (bicyclic) bond motifs is 2. The van der Waals surface area contributed by atoms with Crippen molar-refractivity contribution < 1.29 is 0 Å². The molecule has 1 aromatic heterocycles. The standard InChI is InChI=1S/C27H24N2/c1-27(2,3)19-14-12-18(13-15-19)26(22-16-28-24-10-6-4-8-20(22)24)23-17-29-25-11-7-5-9-21(23)25/h4-17,28H,1-3H3. The minimum atomic E-state index is 0.133. The van der Waals surface area contributed by atoms with Gasteiger partial charge in [0.25, 0.3) is 0 Å². The van der Waals surface area contributed by atoms with Crippen molar-refractivity contribution in [3.63, 3.8) is 0 Å². The van der Waals surface area contributed by atoms with Crippen LogP contribution in [-0.2, 0) is 5.41 Å². The van der Waals surface area contributed by atoms with Crippen LogP contribution in [0.5, 0.6) is 0 Å². The molecule has 2 heteroatoms. The van der Waals surface area contributed by atoms with E-state index in [0.29, 0.717) is 0 Å². The summed E-state index contributed by atoms with van der Waals surface area (Å²) >= 11 is 0. The number of aliphatic imine (C=N–C) groups is 1. The molecule has 5 rings (SSSR count). The summed E-state index contributed by atoms with van der Waals surface area (Å²) < 4.78 is 0. The molecule has 4 aromatic rings. The third-order valence-electron chi connectivity index (χ3n) is 5.69. The number of para-hydroxylation sites is 2. The Morgan fingerprint density at radius 2 is 1.55 bits per heavy atom. The Morgan fingerprint density at radius 3 is 2.34 bits per heavy atom. The molecular weight excluding hydrogens is 352 g/mol. The highest BCUT2D eigenvalue weighted by atomic mass is 14.8. The SMILES string of the molecule is CC(C)(C)c1ccc(C(=C2C=Nc3ccccc32)c2c[nH]c3ccccc23)cc1. The normalized spacial score (nSPS) is 15.0. The molecule has 0 spiro atoms. The lowest BCUT2D eigenvalue weighted by molar-refractivity contribution is 0.590. The maximum Gasteiger partial charge on any atom is 0.0709 e. The van der Waals surface area contributed by atoms with Crippen LogP contribution in [0.4, 0.5) is 5.69 Å².